The summed E-state index contributed by atoms with van der Waals surface area (Å²) in [7, 11) is 0. The smallest absolute Gasteiger partial charge is 0.339 e. The summed E-state index contributed by atoms with van der Waals surface area (Å²) >= 11 is 5.68. The van der Waals surface area contributed by atoms with Crippen LogP contribution >= 0.6 is 11.6 Å². The van der Waals surface area contributed by atoms with Gasteiger partial charge in [-0.2, -0.15) is 0 Å². The van der Waals surface area contributed by atoms with Crippen molar-refractivity contribution in [3.05, 3.63) is 29.0 Å². The number of rotatable bonds is 2. The Hall–Kier alpha value is -1.09. The van der Waals surface area contributed by atoms with Crippen molar-refractivity contribution in [1.29, 1.82) is 0 Å². The van der Waals surface area contributed by atoms with Gasteiger partial charge in [-0.3, -0.25) is 0 Å². The first kappa shape index (κ1) is 13.3. The maximum atomic E-state index is 11.9. The van der Waals surface area contributed by atoms with Crippen LogP contribution < -0.4 is 0 Å². The van der Waals surface area contributed by atoms with Crippen molar-refractivity contribution in [2.45, 2.75) is 45.6 Å². The molecule has 2 rings (SSSR count). The summed E-state index contributed by atoms with van der Waals surface area (Å²) in [6.07, 6.45) is 5.59. The van der Waals surface area contributed by atoms with E-state index in [2.05, 4.69) is 18.8 Å². The van der Waals surface area contributed by atoms with E-state index in [1.54, 1.807) is 12.1 Å². The molecule has 0 aromatic carbocycles. The third-order valence-electron chi connectivity index (χ3n) is 3.52. The lowest BCUT2D eigenvalue weighted by atomic mass is 9.76. The van der Waals surface area contributed by atoms with E-state index in [1.807, 2.05) is 0 Å². The molecule has 0 spiro atoms. The lowest BCUT2D eigenvalue weighted by Gasteiger charge is -2.33. The second-order valence-electron chi connectivity index (χ2n) is 5.64. The Labute approximate surface area is 113 Å². The predicted molar refractivity (Wildman–Crippen MR) is 70.7 cm³/mol. The molecule has 0 bridgehead atoms. The molecule has 0 aliphatic heterocycles. The zero-order chi connectivity index (χ0) is 13.2. The molecule has 18 heavy (non-hydrogen) atoms. The molecule has 1 aliphatic carbocycles. The van der Waals surface area contributed by atoms with Crippen LogP contribution in [0.25, 0.3) is 0 Å². The van der Waals surface area contributed by atoms with Gasteiger partial charge in [-0.25, -0.2) is 9.78 Å². The lowest BCUT2D eigenvalue weighted by molar-refractivity contribution is 0.00947. The van der Waals surface area contributed by atoms with E-state index in [-0.39, 0.29) is 12.1 Å². The van der Waals surface area contributed by atoms with Crippen molar-refractivity contribution >= 4 is 17.6 Å². The molecule has 0 N–H and O–H groups in total. The second kappa shape index (κ2) is 5.27. The first-order valence-corrected chi connectivity index (χ1v) is 6.67. The topological polar surface area (TPSA) is 39.2 Å². The van der Waals surface area contributed by atoms with E-state index in [0.717, 1.165) is 25.7 Å². The molecular weight excluding hydrogens is 250 g/mol. The average molecular weight is 268 g/mol. The third kappa shape index (κ3) is 3.45. The fourth-order valence-electron chi connectivity index (χ4n) is 2.21. The average Bonchev–Trinajstić information content (AvgIpc) is 2.33. The summed E-state index contributed by atoms with van der Waals surface area (Å²) in [4.78, 5) is 15.8. The lowest BCUT2D eigenvalue weighted by Crippen LogP contribution is -2.28. The molecule has 0 saturated heterocycles. The van der Waals surface area contributed by atoms with Crippen LogP contribution in [0.2, 0.25) is 5.15 Å². The largest absolute Gasteiger partial charge is 0.459 e. The number of ether oxygens (including phenoxy) is 1. The highest BCUT2D eigenvalue weighted by molar-refractivity contribution is 6.29. The normalized spacial score (nSPS) is 19.5. The molecule has 1 aromatic heterocycles. The third-order valence-corrected chi connectivity index (χ3v) is 3.75. The van der Waals surface area contributed by atoms with Crippen LogP contribution in [0.15, 0.2) is 18.3 Å². The van der Waals surface area contributed by atoms with E-state index < -0.39 is 0 Å². The summed E-state index contributed by atoms with van der Waals surface area (Å²) in [6.45, 7) is 4.52. The minimum absolute atomic E-state index is 0.0428. The Morgan fingerprint density at radius 2 is 2.06 bits per heavy atom. The molecule has 0 amide bonds. The number of aromatic nitrogens is 1. The highest BCUT2D eigenvalue weighted by Gasteiger charge is 2.29. The van der Waals surface area contributed by atoms with Gasteiger partial charge in [0.15, 0.2) is 0 Å². The highest BCUT2D eigenvalue weighted by atomic mass is 35.5. The highest BCUT2D eigenvalue weighted by Crippen LogP contribution is 2.36. The molecule has 1 heterocycles. The van der Waals surface area contributed by atoms with Crippen molar-refractivity contribution in [1.82, 2.24) is 4.98 Å². The Bertz CT molecular complexity index is 418. The van der Waals surface area contributed by atoms with E-state index in [0.29, 0.717) is 16.1 Å². The summed E-state index contributed by atoms with van der Waals surface area (Å²) in [5.41, 5.74) is 0.842. The van der Waals surface area contributed by atoms with E-state index in [1.165, 1.54) is 6.20 Å². The molecule has 0 atom stereocenters. The molecule has 3 nitrogen and oxygen atoms in total. The van der Waals surface area contributed by atoms with Gasteiger partial charge in [-0.1, -0.05) is 25.4 Å². The molecule has 4 heteroatoms. The van der Waals surface area contributed by atoms with Crippen LogP contribution in [0.4, 0.5) is 0 Å². The first-order chi connectivity index (χ1) is 8.46. The zero-order valence-corrected chi connectivity index (χ0v) is 11.5. The summed E-state index contributed by atoms with van der Waals surface area (Å²) < 4.78 is 5.49. The number of pyridine rings is 1. The van der Waals surface area contributed by atoms with Gasteiger partial charge in [0.05, 0.1) is 5.56 Å². The molecule has 1 fully saturated rings. The van der Waals surface area contributed by atoms with Gasteiger partial charge in [0.2, 0.25) is 0 Å². The number of hydrogen-bond acceptors (Lipinski definition) is 3. The van der Waals surface area contributed by atoms with Crippen molar-refractivity contribution in [3.63, 3.8) is 0 Å². The molecule has 0 radical (unpaired) electrons. The van der Waals surface area contributed by atoms with Gasteiger partial charge in [0, 0.05) is 6.20 Å². The van der Waals surface area contributed by atoms with Crippen LogP contribution in [0, 0.1) is 5.41 Å². The molecule has 0 unspecified atom stereocenters. The van der Waals surface area contributed by atoms with Crippen molar-refractivity contribution < 1.29 is 9.53 Å². The standard InChI is InChI=1S/C14H18ClNO2/c1-14(2)7-5-11(6-8-14)18-13(17)10-3-4-12(15)16-9-10/h3-4,9,11H,5-8H2,1-2H3. The quantitative estimate of drug-likeness (QED) is 0.603. The molecule has 1 aromatic rings. The van der Waals surface area contributed by atoms with E-state index >= 15 is 0 Å². The fourth-order valence-corrected chi connectivity index (χ4v) is 2.32. The van der Waals surface area contributed by atoms with Crippen molar-refractivity contribution in [2.75, 3.05) is 0 Å². The fraction of sp³-hybridized carbons (Fsp3) is 0.571. The number of hydrogen-bond donors (Lipinski definition) is 0. The van der Waals surface area contributed by atoms with Gasteiger partial charge in [0.25, 0.3) is 0 Å². The van der Waals surface area contributed by atoms with Crippen LogP contribution in [0.5, 0.6) is 0 Å². The molecule has 98 valence electrons. The number of carbonyl (C=O) groups is 1. The Morgan fingerprint density at radius 1 is 1.39 bits per heavy atom. The number of carbonyl (C=O) groups excluding carboxylic acids is 1. The first-order valence-electron chi connectivity index (χ1n) is 6.29. The predicted octanol–water partition coefficient (Wildman–Crippen LogP) is 3.86. The second-order valence-corrected chi connectivity index (χ2v) is 6.03. The molecular formula is C14H18ClNO2. The van der Waals surface area contributed by atoms with Crippen LogP contribution in [-0.4, -0.2) is 17.1 Å². The zero-order valence-electron chi connectivity index (χ0n) is 10.8. The minimum atomic E-state index is -0.302. The van der Waals surface area contributed by atoms with E-state index in [4.69, 9.17) is 16.3 Å². The maximum Gasteiger partial charge on any atom is 0.339 e. The van der Waals surface area contributed by atoms with Gasteiger partial charge in [-0.05, 0) is 43.2 Å². The Balaban J connectivity index is 1.90. The SMILES string of the molecule is CC1(C)CCC(OC(=O)c2ccc(Cl)nc2)CC1. The molecule has 1 aliphatic rings. The van der Waals surface area contributed by atoms with Gasteiger partial charge >= 0.3 is 5.97 Å². The van der Waals surface area contributed by atoms with Gasteiger partial charge in [-0.15, -0.1) is 0 Å². The summed E-state index contributed by atoms with van der Waals surface area (Å²) in [5, 5.41) is 0.381. The maximum absolute atomic E-state index is 11.9. The number of halogens is 1. The van der Waals surface area contributed by atoms with Crippen LogP contribution in [0.3, 0.4) is 0 Å². The van der Waals surface area contributed by atoms with Crippen LogP contribution in [0.1, 0.15) is 49.9 Å². The Morgan fingerprint density at radius 3 is 2.61 bits per heavy atom. The Kier molecular flexibility index (Phi) is 3.91. The minimum Gasteiger partial charge on any atom is -0.459 e. The van der Waals surface area contributed by atoms with Gasteiger partial charge in [0.1, 0.15) is 11.3 Å². The number of nitrogens with zero attached hydrogens (tertiary/aromatic N) is 1. The summed E-state index contributed by atoms with van der Waals surface area (Å²) in [6, 6.07) is 3.24. The van der Waals surface area contributed by atoms with Crippen molar-refractivity contribution in [2.24, 2.45) is 5.41 Å². The van der Waals surface area contributed by atoms with Crippen LogP contribution in [-0.2, 0) is 4.74 Å². The van der Waals surface area contributed by atoms with E-state index in [9.17, 15) is 4.79 Å². The summed E-state index contributed by atoms with van der Waals surface area (Å²) in [5.74, 6) is -0.302. The van der Waals surface area contributed by atoms with Crippen molar-refractivity contribution in [3.8, 4) is 0 Å². The molecule has 1 saturated carbocycles. The monoisotopic (exact) mass is 267 g/mol. The van der Waals surface area contributed by atoms with Gasteiger partial charge < -0.3 is 4.74 Å². The number of esters is 1.